The molecule has 112 valence electrons. The fourth-order valence-corrected chi connectivity index (χ4v) is 2.98. The van der Waals surface area contributed by atoms with Gasteiger partial charge >= 0.3 is 0 Å². The van der Waals surface area contributed by atoms with E-state index in [0.29, 0.717) is 22.5 Å². The fraction of sp³-hybridized carbons (Fsp3) is 0.467. The molecular weight excluding hydrogens is 266 g/mol. The van der Waals surface area contributed by atoms with Crippen molar-refractivity contribution in [3.63, 3.8) is 0 Å². The van der Waals surface area contributed by atoms with Gasteiger partial charge in [-0.1, -0.05) is 0 Å². The first kappa shape index (κ1) is 13.9. The molecule has 0 saturated carbocycles. The van der Waals surface area contributed by atoms with Gasteiger partial charge < -0.3 is 20.9 Å². The zero-order valence-corrected chi connectivity index (χ0v) is 12.2. The van der Waals surface area contributed by atoms with Gasteiger partial charge in [0.15, 0.2) is 0 Å². The topological polar surface area (TPSA) is 87.0 Å². The molecule has 1 unspecified atom stereocenters. The Bertz CT molecular complexity index is 696. The van der Waals surface area contributed by atoms with Crippen molar-refractivity contribution in [2.24, 2.45) is 5.92 Å². The summed E-state index contributed by atoms with van der Waals surface area (Å²) in [5, 5.41) is 3.94. The van der Waals surface area contributed by atoms with Crippen molar-refractivity contribution < 1.29 is 0 Å². The molecule has 1 fully saturated rings. The normalized spacial score (nSPS) is 19.8. The molecule has 0 aliphatic carbocycles. The van der Waals surface area contributed by atoms with Crippen molar-refractivity contribution in [1.82, 2.24) is 14.9 Å². The van der Waals surface area contributed by atoms with E-state index in [1.807, 2.05) is 6.07 Å². The highest BCUT2D eigenvalue weighted by Crippen LogP contribution is 2.24. The van der Waals surface area contributed by atoms with Crippen LogP contribution in [0.15, 0.2) is 23.3 Å². The molecule has 1 saturated heterocycles. The first-order valence-electron chi connectivity index (χ1n) is 7.33. The van der Waals surface area contributed by atoms with E-state index >= 15 is 0 Å². The van der Waals surface area contributed by atoms with Crippen LogP contribution in [-0.2, 0) is 0 Å². The second kappa shape index (κ2) is 5.73. The largest absolute Gasteiger partial charge is 0.397 e. The molecule has 2 heterocycles. The van der Waals surface area contributed by atoms with E-state index in [2.05, 4.69) is 27.2 Å². The molecule has 6 heteroatoms. The summed E-state index contributed by atoms with van der Waals surface area (Å²) < 4.78 is 0. The van der Waals surface area contributed by atoms with Crippen LogP contribution in [0.4, 0.5) is 11.4 Å². The van der Waals surface area contributed by atoms with Gasteiger partial charge in [0.25, 0.3) is 5.56 Å². The highest BCUT2D eigenvalue weighted by Gasteiger charge is 2.17. The van der Waals surface area contributed by atoms with Crippen LogP contribution in [0.2, 0.25) is 0 Å². The van der Waals surface area contributed by atoms with E-state index in [9.17, 15) is 4.79 Å². The van der Waals surface area contributed by atoms with E-state index in [1.165, 1.54) is 25.7 Å². The highest BCUT2D eigenvalue weighted by atomic mass is 16.1. The Kier molecular flexibility index (Phi) is 3.79. The average molecular weight is 287 g/mol. The Hall–Kier alpha value is -2.08. The van der Waals surface area contributed by atoms with Crippen LogP contribution in [-0.4, -0.2) is 41.5 Å². The third kappa shape index (κ3) is 3.00. The minimum Gasteiger partial charge on any atom is -0.397 e. The molecule has 3 rings (SSSR count). The molecule has 0 bridgehead atoms. The molecule has 0 amide bonds. The number of piperidine rings is 1. The lowest BCUT2D eigenvalue weighted by molar-refractivity contribution is 0.217. The summed E-state index contributed by atoms with van der Waals surface area (Å²) in [6, 6.07) is 3.54. The van der Waals surface area contributed by atoms with Crippen molar-refractivity contribution in [3.8, 4) is 0 Å². The number of nitrogen functional groups attached to an aromatic ring is 1. The lowest BCUT2D eigenvalue weighted by Crippen LogP contribution is -2.35. The molecule has 4 N–H and O–H groups in total. The van der Waals surface area contributed by atoms with Gasteiger partial charge in [0, 0.05) is 13.1 Å². The number of aromatic amines is 1. The lowest BCUT2D eigenvalue weighted by Gasteiger charge is -2.30. The van der Waals surface area contributed by atoms with E-state index in [4.69, 9.17) is 5.73 Å². The number of rotatable bonds is 3. The Morgan fingerprint density at radius 2 is 2.38 bits per heavy atom. The Morgan fingerprint density at radius 3 is 3.19 bits per heavy atom. The summed E-state index contributed by atoms with van der Waals surface area (Å²) in [5.41, 5.74) is 7.99. The van der Waals surface area contributed by atoms with Gasteiger partial charge in [0.1, 0.15) is 0 Å². The minimum atomic E-state index is -0.160. The molecule has 0 radical (unpaired) electrons. The highest BCUT2D eigenvalue weighted by molar-refractivity contribution is 5.88. The molecule has 1 aliphatic rings. The van der Waals surface area contributed by atoms with Crippen LogP contribution in [0.3, 0.4) is 0 Å². The van der Waals surface area contributed by atoms with Crippen molar-refractivity contribution in [2.75, 3.05) is 37.7 Å². The van der Waals surface area contributed by atoms with Gasteiger partial charge in [-0.15, -0.1) is 0 Å². The van der Waals surface area contributed by atoms with Gasteiger partial charge in [-0.2, -0.15) is 0 Å². The Balaban J connectivity index is 1.77. The van der Waals surface area contributed by atoms with Crippen molar-refractivity contribution in [2.45, 2.75) is 12.8 Å². The summed E-state index contributed by atoms with van der Waals surface area (Å²) in [6.07, 6.45) is 3.90. The number of nitrogens with one attached hydrogen (secondary N) is 2. The number of benzene rings is 1. The predicted molar refractivity (Wildman–Crippen MR) is 85.5 cm³/mol. The van der Waals surface area contributed by atoms with Crippen LogP contribution in [0.1, 0.15) is 12.8 Å². The smallest absolute Gasteiger partial charge is 0.258 e. The third-order valence-electron chi connectivity index (χ3n) is 4.12. The van der Waals surface area contributed by atoms with Crippen LogP contribution in [0.5, 0.6) is 0 Å². The molecule has 1 atom stereocenters. The van der Waals surface area contributed by atoms with Crippen LogP contribution in [0.25, 0.3) is 10.9 Å². The molecule has 6 nitrogen and oxygen atoms in total. The number of nitrogens with zero attached hydrogens (tertiary/aromatic N) is 2. The molecule has 0 spiro atoms. The van der Waals surface area contributed by atoms with E-state index in [1.54, 1.807) is 6.07 Å². The quantitative estimate of drug-likeness (QED) is 0.740. The van der Waals surface area contributed by atoms with Crippen molar-refractivity contribution >= 4 is 22.3 Å². The van der Waals surface area contributed by atoms with Gasteiger partial charge in [0.2, 0.25) is 0 Å². The van der Waals surface area contributed by atoms with E-state index in [0.717, 1.165) is 18.8 Å². The molecule has 1 aliphatic heterocycles. The van der Waals surface area contributed by atoms with Crippen LogP contribution < -0.4 is 16.6 Å². The summed E-state index contributed by atoms with van der Waals surface area (Å²) >= 11 is 0. The van der Waals surface area contributed by atoms with Gasteiger partial charge in [0.05, 0.1) is 28.6 Å². The monoisotopic (exact) mass is 287 g/mol. The Labute approximate surface area is 123 Å². The van der Waals surface area contributed by atoms with Crippen LogP contribution >= 0.6 is 0 Å². The maximum atomic E-state index is 11.7. The summed E-state index contributed by atoms with van der Waals surface area (Å²) in [5.74, 6) is 0.631. The number of hydrogen-bond donors (Lipinski definition) is 3. The first-order chi connectivity index (χ1) is 10.1. The second-order valence-corrected chi connectivity index (χ2v) is 5.84. The third-order valence-corrected chi connectivity index (χ3v) is 4.12. The summed E-state index contributed by atoms with van der Waals surface area (Å²) in [6.45, 7) is 3.18. The second-order valence-electron chi connectivity index (χ2n) is 5.84. The van der Waals surface area contributed by atoms with E-state index < -0.39 is 0 Å². The lowest BCUT2D eigenvalue weighted by atomic mass is 9.98. The molecule has 2 aromatic rings. The zero-order chi connectivity index (χ0) is 14.8. The van der Waals surface area contributed by atoms with Crippen molar-refractivity contribution in [3.05, 3.63) is 28.8 Å². The number of nitrogens with two attached hydrogens (primary N) is 1. The van der Waals surface area contributed by atoms with Crippen molar-refractivity contribution in [1.29, 1.82) is 0 Å². The maximum Gasteiger partial charge on any atom is 0.258 e. The number of aromatic nitrogens is 2. The number of fused-ring (bicyclic) bond motifs is 1. The summed E-state index contributed by atoms with van der Waals surface area (Å²) in [4.78, 5) is 20.8. The number of hydrogen-bond acceptors (Lipinski definition) is 5. The number of likely N-dealkylation sites (tertiary alicyclic amines) is 1. The number of H-pyrrole nitrogens is 1. The molecular formula is C15H21N5O. The fourth-order valence-electron chi connectivity index (χ4n) is 2.98. The Morgan fingerprint density at radius 1 is 1.52 bits per heavy atom. The maximum absolute atomic E-state index is 11.7. The zero-order valence-electron chi connectivity index (χ0n) is 12.2. The van der Waals surface area contributed by atoms with Gasteiger partial charge in [-0.05, 0) is 44.5 Å². The van der Waals surface area contributed by atoms with Crippen LogP contribution in [0, 0.1) is 5.92 Å². The average Bonchev–Trinajstić information content (AvgIpc) is 2.46. The number of anilines is 2. The first-order valence-corrected chi connectivity index (χ1v) is 7.33. The molecule has 21 heavy (non-hydrogen) atoms. The van der Waals surface area contributed by atoms with Gasteiger partial charge in [-0.3, -0.25) is 4.79 Å². The standard InChI is InChI=1S/C15H21N5O/c1-20-4-2-3-10(8-20)7-17-14-6-13-11(5-12(14)16)15(21)19-9-18-13/h5-6,9-10,17H,2-4,7-8,16H2,1H3,(H,18,19,21). The predicted octanol–water partition coefficient (Wildman–Crippen LogP) is 1.26. The van der Waals surface area contributed by atoms with Gasteiger partial charge in [-0.25, -0.2) is 4.98 Å². The molecule has 1 aromatic carbocycles. The minimum absolute atomic E-state index is 0.160. The summed E-state index contributed by atoms with van der Waals surface area (Å²) in [7, 11) is 2.16. The SMILES string of the molecule is CN1CCCC(CNc2cc3nc[nH]c(=O)c3cc2N)C1. The van der Waals surface area contributed by atoms with E-state index in [-0.39, 0.29) is 5.56 Å². The molecule has 1 aromatic heterocycles.